The molecule has 11 heteroatoms. The number of hydrogen-bond acceptors (Lipinski definition) is 9. The summed E-state index contributed by atoms with van der Waals surface area (Å²) in [7, 11) is 0. The van der Waals surface area contributed by atoms with Gasteiger partial charge in [-0.05, 0) is 42.8 Å². The third kappa shape index (κ3) is 6.14. The number of aliphatic hydroxyl groups is 1. The van der Waals surface area contributed by atoms with Gasteiger partial charge in [0.15, 0.2) is 0 Å². The first-order valence-corrected chi connectivity index (χ1v) is 15.1. The molecule has 3 aromatic rings. The largest absolute Gasteiger partial charge is 0.489 e. The summed E-state index contributed by atoms with van der Waals surface area (Å²) in [5.41, 5.74) is 6.47. The standard InChI is InChI=1S/C33H36FN7O3/c1-22-19-41(15-14-39(22)13-10-34)26-5-2-23(3-6-26)28-17-29-33(38-28)32(37-21-36-29)24-4-7-30(25(16-24)18-35)44-27-8-11-40(12-9-27)31(43)20-42/h2-7,16,21-22,27,42H,8-15,17,19-20H2,1H3. The van der Waals surface area contributed by atoms with E-state index in [-0.39, 0.29) is 18.7 Å². The molecule has 4 heterocycles. The number of likely N-dealkylation sites (tertiary alicyclic amines) is 1. The zero-order valence-electron chi connectivity index (χ0n) is 24.8. The summed E-state index contributed by atoms with van der Waals surface area (Å²) in [6, 6.07) is 16.4. The lowest BCUT2D eigenvalue weighted by Gasteiger charge is -2.40. The lowest BCUT2D eigenvalue weighted by atomic mass is 10.0. The van der Waals surface area contributed by atoms with Crippen LogP contribution in [0.2, 0.25) is 0 Å². The highest BCUT2D eigenvalue weighted by Gasteiger charge is 2.27. The maximum atomic E-state index is 12.8. The van der Waals surface area contributed by atoms with Crippen LogP contribution in [-0.4, -0.2) is 101 Å². The number of aromatic nitrogens is 2. The smallest absolute Gasteiger partial charge is 0.248 e. The topological polar surface area (TPSA) is 118 Å². The van der Waals surface area contributed by atoms with Crippen LogP contribution in [0, 0.1) is 11.3 Å². The third-order valence-electron chi connectivity index (χ3n) is 8.78. The van der Waals surface area contributed by atoms with E-state index >= 15 is 0 Å². The number of nitrogens with zero attached hydrogens (tertiary/aromatic N) is 7. The summed E-state index contributed by atoms with van der Waals surface area (Å²) in [5, 5.41) is 19.0. The first kappa shape index (κ1) is 29.7. The summed E-state index contributed by atoms with van der Waals surface area (Å²) in [6.07, 6.45) is 3.27. The Morgan fingerprint density at radius 2 is 1.86 bits per heavy atom. The fourth-order valence-electron chi connectivity index (χ4n) is 6.28. The number of nitriles is 1. The molecule has 3 aliphatic heterocycles. The number of fused-ring (bicyclic) bond motifs is 1. The Hall–Kier alpha value is -4.40. The van der Waals surface area contributed by atoms with Crippen molar-refractivity contribution < 1.29 is 19.0 Å². The number of anilines is 1. The van der Waals surface area contributed by atoms with Gasteiger partial charge in [0, 0.05) is 75.8 Å². The Morgan fingerprint density at radius 1 is 1.09 bits per heavy atom. The van der Waals surface area contributed by atoms with Crippen LogP contribution in [0.3, 0.4) is 0 Å². The average molecular weight is 598 g/mol. The van der Waals surface area contributed by atoms with Gasteiger partial charge in [0.05, 0.1) is 22.7 Å². The Bertz CT molecular complexity index is 1580. The molecular weight excluding hydrogens is 561 g/mol. The van der Waals surface area contributed by atoms with E-state index in [0.717, 1.165) is 47.9 Å². The minimum absolute atomic E-state index is 0.119. The fraction of sp³-hybridized carbons (Fsp3) is 0.424. The van der Waals surface area contributed by atoms with Gasteiger partial charge in [-0.2, -0.15) is 5.26 Å². The van der Waals surface area contributed by atoms with E-state index in [1.165, 1.54) is 6.33 Å². The van der Waals surface area contributed by atoms with Crippen molar-refractivity contribution in [3.05, 3.63) is 65.6 Å². The number of alkyl halides is 1. The molecule has 1 unspecified atom stereocenters. The minimum Gasteiger partial charge on any atom is -0.489 e. The van der Waals surface area contributed by atoms with Crippen LogP contribution in [0.15, 0.2) is 53.8 Å². The second kappa shape index (κ2) is 13.1. The molecule has 2 saturated heterocycles. The number of halogens is 1. The van der Waals surface area contributed by atoms with Crippen molar-refractivity contribution in [3.8, 4) is 23.1 Å². The molecule has 10 nitrogen and oxygen atoms in total. The lowest BCUT2D eigenvalue weighted by molar-refractivity contribution is -0.135. The van der Waals surface area contributed by atoms with Crippen LogP contribution in [-0.2, 0) is 11.2 Å². The Morgan fingerprint density at radius 3 is 2.57 bits per heavy atom. The number of amides is 1. The van der Waals surface area contributed by atoms with Gasteiger partial charge in [-0.25, -0.2) is 19.4 Å². The summed E-state index contributed by atoms with van der Waals surface area (Å²) >= 11 is 0. The van der Waals surface area contributed by atoms with E-state index < -0.39 is 6.61 Å². The monoisotopic (exact) mass is 597 g/mol. The van der Waals surface area contributed by atoms with E-state index in [9.17, 15) is 14.4 Å². The van der Waals surface area contributed by atoms with Gasteiger partial charge in [-0.1, -0.05) is 12.1 Å². The molecule has 0 aliphatic carbocycles. The minimum atomic E-state index is -0.488. The molecule has 44 heavy (non-hydrogen) atoms. The van der Waals surface area contributed by atoms with E-state index in [1.807, 2.05) is 6.07 Å². The number of ether oxygens (including phenoxy) is 1. The van der Waals surface area contributed by atoms with Gasteiger partial charge in [0.1, 0.15) is 43.2 Å². The van der Waals surface area contributed by atoms with E-state index in [1.54, 1.807) is 17.0 Å². The molecule has 6 rings (SSSR count). The molecular formula is C33H36FN7O3. The molecule has 2 fully saturated rings. The maximum absolute atomic E-state index is 12.8. The SMILES string of the molecule is CC1CN(c2ccc(C3=Nc4c(ncnc4-c4ccc(OC5CCN(C(=O)CO)CC5)c(C#N)c4)C3)cc2)CCN1CCF. The van der Waals surface area contributed by atoms with E-state index in [4.69, 9.17) is 14.8 Å². The summed E-state index contributed by atoms with van der Waals surface area (Å²) in [6.45, 7) is 5.45. The number of benzene rings is 2. The van der Waals surface area contributed by atoms with Crippen LogP contribution >= 0.6 is 0 Å². The second-order valence-electron chi connectivity index (χ2n) is 11.5. The van der Waals surface area contributed by atoms with Gasteiger partial charge in [-0.15, -0.1) is 0 Å². The molecule has 228 valence electrons. The third-order valence-corrected chi connectivity index (χ3v) is 8.78. The zero-order valence-corrected chi connectivity index (χ0v) is 24.8. The Balaban J connectivity index is 1.16. The Kier molecular flexibility index (Phi) is 8.82. The van der Waals surface area contributed by atoms with Crippen LogP contribution in [0.25, 0.3) is 11.3 Å². The quantitative estimate of drug-likeness (QED) is 0.419. The van der Waals surface area contributed by atoms with Gasteiger partial charge in [0.2, 0.25) is 5.91 Å². The van der Waals surface area contributed by atoms with E-state index in [2.05, 4.69) is 57.0 Å². The predicted octanol–water partition coefficient (Wildman–Crippen LogP) is 3.53. The zero-order chi connectivity index (χ0) is 30.6. The number of carbonyl (C=O) groups is 1. The van der Waals surface area contributed by atoms with Gasteiger partial charge in [0.25, 0.3) is 0 Å². The first-order valence-electron chi connectivity index (χ1n) is 15.1. The number of piperazine rings is 1. The molecule has 0 radical (unpaired) electrons. The average Bonchev–Trinajstić information content (AvgIpc) is 3.51. The van der Waals surface area contributed by atoms with Crippen LogP contribution < -0.4 is 9.64 Å². The van der Waals surface area contributed by atoms with Crippen molar-refractivity contribution in [1.29, 1.82) is 5.26 Å². The summed E-state index contributed by atoms with van der Waals surface area (Å²) in [5.74, 6) is 0.220. The molecule has 2 aromatic carbocycles. The normalized spacial score (nSPS) is 19.0. The molecule has 1 aromatic heterocycles. The molecule has 0 spiro atoms. The Labute approximate surface area is 256 Å². The molecule has 1 N–H and O–H groups in total. The highest BCUT2D eigenvalue weighted by molar-refractivity contribution is 6.07. The van der Waals surface area contributed by atoms with Crippen molar-refractivity contribution >= 4 is 23.0 Å². The fourth-order valence-corrected chi connectivity index (χ4v) is 6.28. The number of rotatable bonds is 8. The number of aliphatic imine (C=N–C) groups is 1. The van der Waals surface area contributed by atoms with Crippen LogP contribution in [0.1, 0.15) is 36.6 Å². The van der Waals surface area contributed by atoms with Crippen molar-refractivity contribution in [2.75, 3.05) is 57.4 Å². The number of aliphatic hydroxyl groups excluding tert-OH is 1. The van der Waals surface area contributed by atoms with Crippen molar-refractivity contribution in [1.82, 2.24) is 19.8 Å². The second-order valence-corrected chi connectivity index (χ2v) is 11.5. The van der Waals surface area contributed by atoms with Gasteiger partial charge >= 0.3 is 0 Å². The lowest BCUT2D eigenvalue weighted by Crippen LogP contribution is -2.52. The van der Waals surface area contributed by atoms with Gasteiger partial charge < -0.3 is 19.6 Å². The van der Waals surface area contributed by atoms with E-state index in [0.29, 0.717) is 67.6 Å². The predicted molar refractivity (Wildman–Crippen MR) is 165 cm³/mol. The highest BCUT2D eigenvalue weighted by Crippen LogP contribution is 2.37. The van der Waals surface area contributed by atoms with Gasteiger partial charge in [-0.3, -0.25) is 9.69 Å². The molecule has 3 aliphatic rings. The van der Waals surface area contributed by atoms with Crippen molar-refractivity contribution in [3.63, 3.8) is 0 Å². The highest BCUT2D eigenvalue weighted by atomic mass is 19.1. The molecule has 0 bridgehead atoms. The molecule has 1 atom stereocenters. The molecule has 0 saturated carbocycles. The number of hydrogen-bond donors (Lipinski definition) is 1. The first-order chi connectivity index (χ1) is 21.5. The van der Waals surface area contributed by atoms with Crippen LogP contribution in [0.4, 0.5) is 15.8 Å². The number of piperidine rings is 1. The van der Waals surface area contributed by atoms with Crippen molar-refractivity contribution in [2.24, 2.45) is 4.99 Å². The summed E-state index contributed by atoms with van der Waals surface area (Å²) in [4.78, 5) is 31.9. The molecule has 1 amide bonds. The van der Waals surface area contributed by atoms with Crippen LogP contribution in [0.5, 0.6) is 5.75 Å². The number of carbonyl (C=O) groups excluding carboxylic acids is 1. The maximum Gasteiger partial charge on any atom is 0.248 e. The van der Waals surface area contributed by atoms with Crippen molar-refractivity contribution in [2.45, 2.75) is 38.3 Å². The summed E-state index contributed by atoms with van der Waals surface area (Å²) < 4.78 is 19.0.